The summed E-state index contributed by atoms with van der Waals surface area (Å²) in [5.74, 6) is 2.05. The zero-order valence-electron chi connectivity index (χ0n) is 10.5. The van der Waals surface area contributed by atoms with Crippen molar-refractivity contribution in [1.82, 2.24) is 14.6 Å². The van der Waals surface area contributed by atoms with Crippen LogP contribution < -0.4 is 5.32 Å². The first-order chi connectivity index (χ1) is 9.52. The summed E-state index contributed by atoms with van der Waals surface area (Å²) in [6.07, 6.45) is 0.154. The van der Waals surface area contributed by atoms with E-state index in [0.29, 0.717) is 17.9 Å². The first kappa shape index (κ1) is 14.7. The monoisotopic (exact) mass is 302 g/mol. The number of anilines is 1. The molecule has 0 bridgehead atoms. The van der Waals surface area contributed by atoms with Gasteiger partial charge in [0.2, 0.25) is 0 Å². The normalized spacial score (nSPS) is 11.8. The lowest BCUT2D eigenvalue weighted by atomic mass is 10.3. The van der Waals surface area contributed by atoms with Crippen molar-refractivity contribution in [3.8, 4) is 0 Å². The Balaban J connectivity index is 2.13. The first-order valence-corrected chi connectivity index (χ1v) is 7.02. The fourth-order valence-electron chi connectivity index (χ4n) is 1.61. The van der Waals surface area contributed by atoms with Gasteiger partial charge in [0.15, 0.2) is 11.5 Å². The predicted molar refractivity (Wildman–Crippen MR) is 74.0 cm³/mol. The summed E-state index contributed by atoms with van der Waals surface area (Å²) in [6.45, 7) is 4.22. The highest BCUT2D eigenvalue weighted by atomic mass is 32.2. The van der Waals surface area contributed by atoms with E-state index < -0.39 is 11.9 Å². The Hall–Kier alpha value is -1.70. The van der Waals surface area contributed by atoms with Crippen LogP contribution in [0.1, 0.15) is 5.69 Å². The molecule has 0 saturated heterocycles. The molecule has 108 valence electrons. The predicted octanol–water partition coefficient (Wildman–Crippen LogP) is 3.08. The van der Waals surface area contributed by atoms with Gasteiger partial charge in [-0.05, 0) is 0 Å². The molecule has 0 spiro atoms. The molecule has 0 amide bonds. The number of hydrogen-bond acceptors (Lipinski definition) is 4. The molecule has 2 heterocycles. The maximum absolute atomic E-state index is 12.6. The molecule has 0 unspecified atom stereocenters. The number of thioether (sulfide) groups is 1. The van der Waals surface area contributed by atoms with Crippen LogP contribution in [-0.4, -0.2) is 32.6 Å². The molecular formula is C12H13F3N4S. The van der Waals surface area contributed by atoms with Gasteiger partial charge in [-0.25, -0.2) is 9.50 Å². The van der Waals surface area contributed by atoms with Crippen molar-refractivity contribution in [1.29, 1.82) is 0 Å². The van der Waals surface area contributed by atoms with E-state index in [9.17, 15) is 13.2 Å². The van der Waals surface area contributed by atoms with Crippen LogP contribution in [0.3, 0.4) is 0 Å². The van der Waals surface area contributed by atoms with E-state index in [1.54, 1.807) is 17.8 Å². The molecule has 0 aliphatic rings. The van der Waals surface area contributed by atoms with Crippen molar-refractivity contribution in [2.45, 2.75) is 6.18 Å². The van der Waals surface area contributed by atoms with Gasteiger partial charge in [0.05, 0.1) is 0 Å². The van der Waals surface area contributed by atoms with Gasteiger partial charge in [0, 0.05) is 36.5 Å². The molecule has 0 saturated carbocycles. The van der Waals surface area contributed by atoms with Gasteiger partial charge in [0.25, 0.3) is 0 Å². The van der Waals surface area contributed by atoms with Gasteiger partial charge in [0.1, 0.15) is 5.52 Å². The average Bonchev–Trinajstić information content (AvgIpc) is 2.83. The van der Waals surface area contributed by atoms with E-state index in [4.69, 9.17) is 0 Å². The number of nitrogens with zero attached hydrogens (tertiary/aromatic N) is 3. The summed E-state index contributed by atoms with van der Waals surface area (Å²) >= 11 is 1.68. The van der Waals surface area contributed by atoms with Crippen molar-refractivity contribution >= 4 is 23.1 Å². The highest BCUT2D eigenvalue weighted by Gasteiger charge is 2.34. The Morgan fingerprint density at radius 2 is 2.25 bits per heavy atom. The Morgan fingerprint density at radius 1 is 1.45 bits per heavy atom. The molecular weight excluding hydrogens is 289 g/mol. The molecule has 0 atom stereocenters. The lowest BCUT2D eigenvalue weighted by Gasteiger charge is -2.05. The minimum absolute atomic E-state index is 0.313. The highest BCUT2D eigenvalue weighted by molar-refractivity contribution is 7.99. The molecule has 2 aromatic rings. The largest absolute Gasteiger partial charge is 0.435 e. The zero-order chi connectivity index (χ0) is 14.6. The quantitative estimate of drug-likeness (QED) is 0.658. The van der Waals surface area contributed by atoms with E-state index in [-0.39, 0.29) is 0 Å². The van der Waals surface area contributed by atoms with Crippen LogP contribution in [0.4, 0.5) is 19.0 Å². The van der Waals surface area contributed by atoms with Crippen molar-refractivity contribution in [3.05, 3.63) is 36.8 Å². The minimum Gasteiger partial charge on any atom is -0.367 e. The Bertz CT molecular complexity index is 594. The zero-order valence-corrected chi connectivity index (χ0v) is 11.3. The number of nitrogens with one attached hydrogen (secondary N) is 1. The number of hydrogen-bond donors (Lipinski definition) is 1. The van der Waals surface area contributed by atoms with Gasteiger partial charge in [-0.15, -0.1) is 6.58 Å². The fraction of sp³-hybridized carbons (Fsp3) is 0.333. The Labute approximate surface area is 118 Å². The lowest BCUT2D eigenvalue weighted by molar-refractivity contribution is -0.141. The number of aromatic nitrogens is 3. The van der Waals surface area contributed by atoms with Gasteiger partial charge in [-0.2, -0.15) is 30.0 Å². The number of alkyl halides is 3. The molecule has 0 aromatic carbocycles. The third-order valence-electron chi connectivity index (χ3n) is 2.45. The number of rotatable bonds is 6. The van der Waals surface area contributed by atoms with Crippen LogP contribution in [-0.2, 0) is 6.18 Å². The topological polar surface area (TPSA) is 42.2 Å². The first-order valence-electron chi connectivity index (χ1n) is 5.86. The van der Waals surface area contributed by atoms with E-state index >= 15 is 0 Å². The highest BCUT2D eigenvalue weighted by Crippen LogP contribution is 2.29. The van der Waals surface area contributed by atoms with E-state index in [2.05, 4.69) is 22.0 Å². The number of fused-ring (bicyclic) bond motifs is 1. The molecule has 2 rings (SSSR count). The fourth-order valence-corrected chi connectivity index (χ4v) is 2.18. The van der Waals surface area contributed by atoms with Crippen LogP contribution in [0.25, 0.3) is 5.52 Å². The van der Waals surface area contributed by atoms with Crippen LogP contribution in [0.2, 0.25) is 0 Å². The Morgan fingerprint density at radius 3 is 2.95 bits per heavy atom. The second-order valence-corrected chi connectivity index (χ2v) is 5.07. The summed E-state index contributed by atoms with van der Waals surface area (Å²) in [6, 6.07) is 0.992. The minimum atomic E-state index is -4.46. The van der Waals surface area contributed by atoms with Gasteiger partial charge >= 0.3 is 6.18 Å². The van der Waals surface area contributed by atoms with E-state index in [0.717, 1.165) is 17.6 Å². The summed E-state index contributed by atoms with van der Waals surface area (Å²) in [5, 5.41) is 6.51. The summed E-state index contributed by atoms with van der Waals surface area (Å²) in [7, 11) is 0. The molecule has 0 fully saturated rings. The molecule has 8 heteroatoms. The molecule has 4 nitrogen and oxygen atoms in total. The third kappa shape index (κ3) is 3.44. The van der Waals surface area contributed by atoms with Crippen molar-refractivity contribution in [2.75, 3.05) is 23.4 Å². The van der Waals surface area contributed by atoms with Crippen LogP contribution in [0.5, 0.6) is 0 Å². The molecule has 0 radical (unpaired) electrons. The smallest absolute Gasteiger partial charge is 0.367 e. The molecule has 0 aliphatic carbocycles. The standard InChI is InChI=1S/C12H13F3N4S/c1-2-6-20-7-4-17-11-9-8-10(12(13,14)15)18-19(9)5-3-16-11/h2-3,5,8H,1,4,6-7H2,(H,16,17). The van der Waals surface area contributed by atoms with Crippen LogP contribution >= 0.6 is 11.8 Å². The van der Waals surface area contributed by atoms with Gasteiger partial charge in [-0.1, -0.05) is 6.08 Å². The average molecular weight is 302 g/mol. The van der Waals surface area contributed by atoms with Crippen LogP contribution in [0, 0.1) is 0 Å². The summed E-state index contributed by atoms with van der Waals surface area (Å²) in [5.41, 5.74) is -0.608. The molecule has 2 aromatic heterocycles. The van der Waals surface area contributed by atoms with Crippen LogP contribution in [0.15, 0.2) is 31.1 Å². The maximum atomic E-state index is 12.6. The summed E-state index contributed by atoms with van der Waals surface area (Å²) < 4.78 is 39.0. The summed E-state index contributed by atoms with van der Waals surface area (Å²) in [4.78, 5) is 4.05. The van der Waals surface area contributed by atoms with E-state index in [1.807, 2.05) is 0 Å². The van der Waals surface area contributed by atoms with E-state index in [1.165, 1.54) is 16.9 Å². The number of halogens is 3. The second kappa shape index (κ2) is 6.17. The van der Waals surface area contributed by atoms with Gasteiger partial charge in [-0.3, -0.25) is 0 Å². The third-order valence-corrected chi connectivity index (χ3v) is 3.42. The molecule has 1 N–H and O–H groups in total. The van der Waals surface area contributed by atoms with Crippen molar-refractivity contribution < 1.29 is 13.2 Å². The maximum Gasteiger partial charge on any atom is 0.435 e. The Kier molecular flexibility index (Phi) is 4.53. The van der Waals surface area contributed by atoms with Crippen molar-refractivity contribution in [3.63, 3.8) is 0 Å². The van der Waals surface area contributed by atoms with Crippen molar-refractivity contribution in [2.24, 2.45) is 0 Å². The molecule has 20 heavy (non-hydrogen) atoms. The second-order valence-electron chi connectivity index (χ2n) is 3.92. The molecule has 0 aliphatic heterocycles. The SMILES string of the molecule is C=CCSCCNc1nccn2nc(C(F)(F)F)cc12. The van der Waals surface area contributed by atoms with Gasteiger partial charge < -0.3 is 5.32 Å². The lowest BCUT2D eigenvalue weighted by Crippen LogP contribution is -2.07.